The zero-order valence-electron chi connectivity index (χ0n) is 19.8. The van der Waals surface area contributed by atoms with Crippen molar-refractivity contribution in [3.8, 4) is 28.8 Å². The first-order valence-electron chi connectivity index (χ1n) is 11.5. The number of fused-ring (bicyclic) bond motifs is 2. The fraction of sp³-hybridized carbons (Fsp3) is 0.231. The number of aromatic nitrogens is 2. The number of ether oxygens (including phenoxy) is 2. The van der Waals surface area contributed by atoms with Crippen LogP contribution in [0.3, 0.4) is 0 Å². The van der Waals surface area contributed by atoms with E-state index < -0.39 is 24.3 Å². The summed E-state index contributed by atoms with van der Waals surface area (Å²) in [6.45, 7) is 3.32. The Morgan fingerprint density at radius 2 is 1.92 bits per heavy atom. The first kappa shape index (κ1) is 24.0. The SMILES string of the molecule is CCc1cc2c(cc1N(CC)C(=O)Cn1nc(-c3cccc(C#N)c3)c3occc3c1=O)OC(F)(F)O2. The second-order valence-corrected chi connectivity index (χ2v) is 8.25. The number of furan rings is 1. The molecule has 0 spiro atoms. The van der Waals surface area contributed by atoms with Crippen molar-refractivity contribution in [3.05, 3.63) is 70.2 Å². The van der Waals surface area contributed by atoms with E-state index in [2.05, 4.69) is 20.6 Å². The molecule has 1 aliphatic heterocycles. The molecule has 0 saturated heterocycles. The van der Waals surface area contributed by atoms with Gasteiger partial charge in [-0.3, -0.25) is 9.59 Å². The summed E-state index contributed by atoms with van der Waals surface area (Å²) in [7, 11) is 0. The lowest BCUT2D eigenvalue weighted by Crippen LogP contribution is -2.38. The first-order valence-corrected chi connectivity index (χ1v) is 11.5. The van der Waals surface area contributed by atoms with Crippen LogP contribution in [0, 0.1) is 11.3 Å². The van der Waals surface area contributed by atoms with E-state index in [1.165, 1.54) is 29.4 Å². The van der Waals surface area contributed by atoms with Crippen molar-refractivity contribution in [3.63, 3.8) is 0 Å². The molecule has 5 rings (SSSR count). The van der Waals surface area contributed by atoms with Crippen molar-refractivity contribution < 1.29 is 27.5 Å². The maximum atomic E-state index is 13.6. The molecule has 0 unspecified atom stereocenters. The van der Waals surface area contributed by atoms with E-state index in [0.29, 0.717) is 34.5 Å². The Bertz CT molecular complexity index is 1640. The van der Waals surface area contributed by atoms with E-state index in [9.17, 15) is 23.6 Å². The van der Waals surface area contributed by atoms with Gasteiger partial charge >= 0.3 is 6.29 Å². The van der Waals surface area contributed by atoms with Crippen LogP contribution in [0.1, 0.15) is 25.0 Å². The van der Waals surface area contributed by atoms with Gasteiger partial charge < -0.3 is 18.8 Å². The number of anilines is 1. The summed E-state index contributed by atoms with van der Waals surface area (Å²) in [6.07, 6.45) is -2.00. The van der Waals surface area contributed by atoms with Gasteiger partial charge in [0, 0.05) is 18.2 Å². The minimum Gasteiger partial charge on any atom is -0.462 e. The number of alkyl halides is 2. The highest BCUT2D eigenvalue weighted by molar-refractivity contribution is 5.95. The first-order chi connectivity index (χ1) is 17.7. The highest BCUT2D eigenvalue weighted by Gasteiger charge is 2.44. The van der Waals surface area contributed by atoms with Crippen LogP contribution < -0.4 is 19.9 Å². The number of nitrogens with zero attached hydrogens (tertiary/aromatic N) is 4. The minimum atomic E-state index is -3.79. The number of halogens is 2. The van der Waals surface area contributed by atoms with Gasteiger partial charge in [-0.25, -0.2) is 4.68 Å². The van der Waals surface area contributed by atoms with Gasteiger partial charge in [0.15, 0.2) is 17.1 Å². The highest BCUT2D eigenvalue weighted by Crippen LogP contribution is 2.44. The monoisotopic (exact) mass is 506 g/mol. The van der Waals surface area contributed by atoms with Crippen molar-refractivity contribution in [1.29, 1.82) is 5.26 Å². The molecule has 0 aliphatic carbocycles. The van der Waals surface area contributed by atoms with E-state index >= 15 is 0 Å². The van der Waals surface area contributed by atoms with E-state index in [0.717, 1.165) is 4.68 Å². The largest absolute Gasteiger partial charge is 0.586 e. The predicted octanol–water partition coefficient (Wildman–Crippen LogP) is 4.47. The lowest BCUT2D eigenvalue weighted by Gasteiger charge is -2.24. The van der Waals surface area contributed by atoms with Crippen LogP contribution in [0.25, 0.3) is 22.2 Å². The van der Waals surface area contributed by atoms with Crippen LogP contribution in [0.2, 0.25) is 0 Å². The van der Waals surface area contributed by atoms with Gasteiger partial charge in [-0.05, 0) is 43.2 Å². The second-order valence-electron chi connectivity index (χ2n) is 8.25. The maximum Gasteiger partial charge on any atom is 0.586 e. The van der Waals surface area contributed by atoms with Crippen molar-refractivity contribution in [2.24, 2.45) is 0 Å². The number of hydrogen-bond acceptors (Lipinski definition) is 7. The summed E-state index contributed by atoms with van der Waals surface area (Å²) in [4.78, 5) is 28.0. The van der Waals surface area contributed by atoms with Gasteiger partial charge in [0.25, 0.3) is 5.56 Å². The Morgan fingerprint density at radius 1 is 1.16 bits per heavy atom. The van der Waals surface area contributed by atoms with E-state index in [4.69, 9.17) is 4.42 Å². The van der Waals surface area contributed by atoms with E-state index in [1.54, 1.807) is 31.2 Å². The summed E-state index contributed by atoms with van der Waals surface area (Å²) in [6, 6.07) is 12.9. The maximum absolute atomic E-state index is 13.6. The molecule has 0 radical (unpaired) electrons. The molecule has 0 atom stereocenters. The van der Waals surface area contributed by atoms with Gasteiger partial charge in [0.2, 0.25) is 5.91 Å². The van der Waals surface area contributed by atoms with Crippen molar-refractivity contribution >= 4 is 22.6 Å². The molecule has 2 aromatic heterocycles. The number of benzene rings is 2. The molecule has 0 fully saturated rings. The molecule has 188 valence electrons. The van der Waals surface area contributed by atoms with Gasteiger partial charge in [0.05, 0.1) is 29.0 Å². The highest BCUT2D eigenvalue weighted by atomic mass is 19.3. The molecule has 0 N–H and O–H groups in total. The average Bonchev–Trinajstić information content (AvgIpc) is 3.49. The molecule has 11 heteroatoms. The molecule has 4 aromatic rings. The summed E-state index contributed by atoms with van der Waals surface area (Å²) >= 11 is 0. The van der Waals surface area contributed by atoms with Crippen LogP contribution in [-0.2, 0) is 17.8 Å². The summed E-state index contributed by atoms with van der Waals surface area (Å²) < 4.78 is 42.9. The number of aryl methyl sites for hydroxylation is 1. The number of nitriles is 1. The number of amides is 1. The van der Waals surface area contributed by atoms with Crippen LogP contribution in [0.5, 0.6) is 11.5 Å². The predicted molar refractivity (Wildman–Crippen MR) is 128 cm³/mol. The number of hydrogen-bond donors (Lipinski definition) is 0. The van der Waals surface area contributed by atoms with E-state index in [1.807, 2.05) is 6.92 Å². The summed E-state index contributed by atoms with van der Waals surface area (Å²) in [5.74, 6) is -0.781. The van der Waals surface area contributed by atoms with Gasteiger partial charge in [-0.15, -0.1) is 8.78 Å². The molecule has 1 amide bonds. The minimum absolute atomic E-state index is 0.110. The Morgan fingerprint density at radius 3 is 2.62 bits per heavy atom. The van der Waals surface area contributed by atoms with Crippen LogP contribution in [0.15, 0.2) is 57.9 Å². The van der Waals surface area contributed by atoms with Crippen LogP contribution >= 0.6 is 0 Å². The van der Waals surface area contributed by atoms with Crippen LogP contribution in [-0.4, -0.2) is 28.5 Å². The molecule has 37 heavy (non-hydrogen) atoms. The fourth-order valence-corrected chi connectivity index (χ4v) is 4.30. The topological polar surface area (TPSA) is 111 Å². The molecular weight excluding hydrogens is 486 g/mol. The third-order valence-electron chi connectivity index (χ3n) is 6.01. The normalized spacial score (nSPS) is 13.5. The second kappa shape index (κ2) is 9.05. The van der Waals surface area contributed by atoms with Crippen LogP contribution in [0.4, 0.5) is 14.5 Å². The quantitative estimate of drug-likeness (QED) is 0.380. The zero-order chi connectivity index (χ0) is 26.3. The molecule has 1 aliphatic rings. The number of likely N-dealkylation sites (N-methyl/N-ethyl adjacent to an activating group) is 1. The Balaban J connectivity index is 1.54. The third-order valence-corrected chi connectivity index (χ3v) is 6.01. The Hall–Kier alpha value is -4.72. The van der Waals surface area contributed by atoms with Gasteiger partial charge in [-0.2, -0.15) is 10.4 Å². The molecule has 9 nitrogen and oxygen atoms in total. The lowest BCUT2D eigenvalue weighted by molar-refractivity contribution is -0.286. The lowest BCUT2D eigenvalue weighted by atomic mass is 10.1. The summed E-state index contributed by atoms with van der Waals surface area (Å²) in [5, 5.41) is 13.9. The zero-order valence-corrected chi connectivity index (χ0v) is 19.8. The van der Waals surface area contributed by atoms with Crippen molar-refractivity contribution in [2.45, 2.75) is 33.1 Å². The van der Waals surface area contributed by atoms with E-state index in [-0.39, 0.29) is 29.0 Å². The molecule has 2 aromatic carbocycles. The number of rotatable bonds is 6. The Kier molecular flexibility index (Phi) is 5.87. The molecule has 3 heterocycles. The molecule has 0 saturated carbocycles. The Labute approximate surface area is 209 Å². The summed E-state index contributed by atoms with van der Waals surface area (Å²) in [5.41, 5.74) is 1.90. The smallest absolute Gasteiger partial charge is 0.462 e. The van der Waals surface area contributed by atoms with Crippen molar-refractivity contribution in [2.75, 3.05) is 11.4 Å². The van der Waals surface area contributed by atoms with Gasteiger partial charge in [0.1, 0.15) is 12.2 Å². The molecule has 0 bridgehead atoms. The number of carbonyl (C=O) groups excluding carboxylic acids is 1. The fourth-order valence-electron chi connectivity index (χ4n) is 4.30. The molecular formula is C26H20F2N4O5. The van der Waals surface area contributed by atoms with Crippen molar-refractivity contribution in [1.82, 2.24) is 9.78 Å². The third kappa shape index (κ3) is 4.27. The van der Waals surface area contributed by atoms with Gasteiger partial charge in [-0.1, -0.05) is 19.1 Å². The standard InChI is InChI=1S/C26H20F2N4O5/c1-3-16-11-20-21(37-26(27,28)36-20)12-19(16)31(4-2)22(33)14-32-25(34)18-8-9-35-24(18)23(30-32)17-7-5-6-15(10-17)13-29/h5-12H,3-4,14H2,1-2H3. The average molecular weight is 506 g/mol. The number of carbonyl (C=O) groups is 1.